The third-order valence-corrected chi connectivity index (χ3v) is 8.66. The first-order valence-electron chi connectivity index (χ1n) is 16.5. The van der Waals surface area contributed by atoms with Crippen molar-refractivity contribution in [2.75, 3.05) is 6.54 Å². The summed E-state index contributed by atoms with van der Waals surface area (Å²) in [5.41, 5.74) is 16.2. The molecule has 0 aliphatic rings. The molecule has 0 saturated carbocycles. The lowest BCUT2D eigenvalue weighted by atomic mass is 10.0. The van der Waals surface area contributed by atoms with Gasteiger partial charge in [-0.3, -0.25) is 14.4 Å². The van der Waals surface area contributed by atoms with Gasteiger partial charge in [-0.25, -0.2) is 4.79 Å². The topological polar surface area (TPSA) is 208 Å². The Labute approximate surface area is 284 Å². The Morgan fingerprint density at radius 1 is 0.633 bits per heavy atom. The number of benzene rings is 3. The van der Waals surface area contributed by atoms with E-state index in [1.54, 1.807) is 6.20 Å². The Morgan fingerprint density at radius 2 is 1.14 bits per heavy atom. The minimum Gasteiger partial charge on any atom is -0.480 e. The number of aliphatic carboxylic acids is 1. The number of nitrogens with two attached hydrogens (primary N) is 2. The van der Waals surface area contributed by atoms with Crippen LogP contribution in [0.4, 0.5) is 0 Å². The van der Waals surface area contributed by atoms with Gasteiger partial charge in [0.1, 0.15) is 18.1 Å². The van der Waals surface area contributed by atoms with Crippen LogP contribution in [0.15, 0.2) is 91.3 Å². The van der Waals surface area contributed by atoms with Crippen LogP contribution >= 0.6 is 0 Å². The van der Waals surface area contributed by atoms with Gasteiger partial charge in [0.25, 0.3) is 0 Å². The van der Waals surface area contributed by atoms with E-state index >= 15 is 0 Å². The number of carboxylic acid groups (broad SMARTS) is 1. The normalized spacial score (nSPS) is 13.8. The molecular weight excluding hydrogens is 622 g/mol. The molecule has 4 atom stereocenters. The minimum atomic E-state index is -1.18. The molecule has 5 aromatic rings. The largest absolute Gasteiger partial charge is 0.480 e. The maximum absolute atomic E-state index is 14.0. The highest BCUT2D eigenvalue weighted by Crippen LogP contribution is 2.21. The summed E-state index contributed by atoms with van der Waals surface area (Å²) in [4.78, 5) is 59.7. The molecule has 2 aromatic heterocycles. The van der Waals surface area contributed by atoms with E-state index in [1.807, 2.05) is 85.1 Å². The standard InChI is InChI=1S/C37H43N7O5/c38-17-9-8-16-31(37(48)49)42-36(47)33(20-25-22-41-30-15-7-5-13-27(25)30)44-35(46)32(18-23-10-2-1-3-11-23)43-34(45)28(39)19-24-21-40-29-14-6-4-12-26(24)29/h1-7,10-15,21-22,28,31-33,40-41H,8-9,16-20,38-39H2,(H,42,47)(H,43,45)(H,44,46)(H,48,49)/t28-,31-,32-,33-/m0/s1. The van der Waals surface area contributed by atoms with Crippen LogP contribution in [0.25, 0.3) is 21.8 Å². The molecule has 0 aliphatic carbocycles. The second kappa shape index (κ2) is 16.6. The van der Waals surface area contributed by atoms with Crippen molar-refractivity contribution in [1.29, 1.82) is 0 Å². The number of aromatic amines is 2. The van der Waals surface area contributed by atoms with Crippen molar-refractivity contribution in [3.63, 3.8) is 0 Å². The number of para-hydroxylation sites is 2. The van der Waals surface area contributed by atoms with Gasteiger partial charge >= 0.3 is 5.97 Å². The number of carbonyl (C=O) groups excluding carboxylic acids is 3. The van der Waals surface area contributed by atoms with Crippen molar-refractivity contribution in [2.45, 2.75) is 62.7 Å². The molecule has 10 N–H and O–H groups in total. The average Bonchev–Trinajstić information content (AvgIpc) is 3.71. The van der Waals surface area contributed by atoms with Gasteiger partial charge < -0.3 is 42.5 Å². The van der Waals surface area contributed by atoms with E-state index in [1.165, 1.54) is 0 Å². The third-order valence-electron chi connectivity index (χ3n) is 8.66. The zero-order valence-electron chi connectivity index (χ0n) is 27.2. The molecule has 0 aliphatic heterocycles. The number of hydrogen-bond acceptors (Lipinski definition) is 6. The molecule has 256 valence electrons. The maximum Gasteiger partial charge on any atom is 0.326 e. The summed E-state index contributed by atoms with van der Waals surface area (Å²) in [5.74, 6) is -2.96. The lowest BCUT2D eigenvalue weighted by Crippen LogP contribution is -2.58. The number of aromatic nitrogens is 2. The molecule has 12 heteroatoms. The van der Waals surface area contributed by atoms with Gasteiger partial charge in [-0.1, -0.05) is 66.7 Å². The Kier molecular flexibility index (Phi) is 11.8. The van der Waals surface area contributed by atoms with Gasteiger partial charge in [-0.2, -0.15) is 0 Å². The van der Waals surface area contributed by atoms with Crippen LogP contribution in [0.3, 0.4) is 0 Å². The first-order chi connectivity index (χ1) is 23.7. The molecule has 0 unspecified atom stereocenters. The van der Waals surface area contributed by atoms with Gasteiger partial charge in [0, 0.05) is 47.0 Å². The molecule has 0 saturated heterocycles. The van der Waals surface area contributed by atoms with Crippen LogP contribution in [0, 0.1) is 0 Å². The molecule has 49 heavy (non-hydrogen) atoms. The van der Waals surface area contributed by atoms with Crippen molar-refractivity contribution in [3.05, 3.63) is 108 Å². The molecule has 0 bridgehead atoms. The van der Waals surface area contributed by atoms with Crippen LogP contribution in [0.2, 0.25) is 0 Å². The fourth-order valence-electron chi connectivity index (χ4n) is 5.99. The van der Waals surface area contributed by atoms with Crippen molar-refractivity contribution in [3.8, 4) is 0 Å². The minimum absolute atomic E-state index is 0.0722. The van der Waals surface area contributed by atoms with Gasteiger partial charge in [-0.05, 0) is 61.1 Å². The summed E-state index contributed by atoms with van der Waals surface area (Å²) in [7, 11) is 0. The predicted molar refractivity (Wildman–Crippen MR) is 188 cm³/mol. The quantitative estimate of drug-likeness (QED) is 0.0696. The Hall–Kier alpha value is -5.46. The van der Waals surface area contributed by atoms with E-state index < -0.39 is 47.9 Å². The van der Waals surface area contributed by atoms with E-state index in [-0.39, 0.29) is 25.7 Å². The van der Waals surface area contributed by atoms with Gasteiger partial charge in [0.15, 0.2) is 0 Å². The number of fused-ring (bicyclic) bond motifs is 2. The molecule has 0 spiro atoms. The lowest BCUT2D eigenvalue weighted by molar-refractivity contribution is -0.142. The first-order valence-corrected chi connectivity index (χ1v) is 16.5. The number of unbranched alkanes of at least 4 members (excludes halogenated alkanes) is 1. The number of rotatable bonds is 17. The summed E-state index contributed by atoms with van der Waals surface area (Å²) < 4.78 is 0. The van der Waals surface area contributed by atoms with Crippen molar-refractivity contribution >= 4 is 45.5 Å². The zero-order chi connectivity index (χ0) is 34.8. The smallest absolute Gasteiger partial charge is 0.326 e. The molecule has 12 nitrogen and oxygen atoms in total. The zero-order valence-corrected chi connectivity index (χ0v) is 27.2. The highest BCUT2D eigenvalue weighted by Gasteiger charge is 2.31. The lowest BCUT2D eigenvalue weighted by Gasteiger charge is -2.25. The molecule has 0 radical (unpaired) electrons. The highest BCUT2D eigenvalue weighted by atomic mass is 16.4. The molecule has 2 heterocycles. The molecule has 5 rings (SSSR count). The number of H-pyrrole nitrogens is 2. The number of amides is 3. The predicted octanol–water partition coefficient (Wildman–Crippen LogP) is 2.67. The second-order valence-electron chi connectivity index (χ2n) is 12.2. The Morgan fingerprint density at radius 3 is 1.73 bits per heavy atom. The van der Waals surface area contributed by atoms with Crippen LogP contribution < -0.4 is 27.4 Å². The van der Waals surface area contributed by atoms with Crippen LogP contribution in [-0.4, -0.2) is 69.5 Å². The molecular formula is C37H43N7O5. The second-order valence-corrected chi connectivity index (χ2v) is 12.2. The average molecular weight is 666 g/mol. The summed E-state index contributed by atoms with van der Waals surface area (Å²) in [5, 5.41) is 19.9. The summed E-state index contributed by atoms with van der Waals surface area (Å²) in [6, 6.07) is 20.1. The van der Waals surface area contributed by atoms with Crippen molar-refractivity contribution < 1.29 is 24.3 Å². The van der Waals surface area contributed by atoms with Gasteiger partial charge in [-0.15, -0.1) is 0 Å². The number of hydrogen-bond donors (Lipinski definition) is 8. The Bertz CT molecular complexity index is 1890. The highest BCUT2D eigenvalue weighted by molar-refractivity contribution is 5.95. The van der Waals surface area contributed by atoms with Crippen LogP contribution in [0.1, 0.15) is 36.0 Å². The fraction of sp³-hybridized carbons (Fsp3) is 0.297. The number of carbonyl (C=O) groups is 4. The maximum atomic E-state index is 14.0. The summed E-state index contributed by atoms with van der Waals surface area (Å²) in [6.45, 7) is 0.402. The van der Waals surface area contributed by atoms with Crippen LogP contribution in [0.5, 0.6) is 0 Å². The number of nitrogens with one attached hydrogen (secondary N) is 5. The van der Waals surface area contributed by atoms with Gasteiger partial charge in [0.2, 0.25) is 17.7 Å². The van der Waals surface area contributed by atoms with E-state index in [2.05, 4.69) is 25.9 Å². The third kappa shape index (κ3) is 9.12. The SMILES string of the molecule is NCCCC[C@H](NC(=O)[C@H](Cc1c[nH]c2ccccc12)NC(=O)[C@H](Cc1ccccc1)NC(=O)[C@@H](N)Cc1c[nH]c2ccccc12)C(=O)O. The fourth-order valence-corrected chi connectivity index (χ4v) is 5.99. The summed E-state index contributed by atoms with van der Waals surface area (Å²) in [6.07, 6.45) is 5.34. The van der Waals surface area contributed by atoms with E-state index in [0.717, 1.165) is 38.5 Å². The molecule has 3 aromatic carbocycles. The molecule has 3 amide bonds. The van der Waals surface area contributed by atoms with Crippen molar-refractivity contribution in [1.82, 2.24) is 25.9 Å². The monoisotopic (exact) mass is 665 g/mol. The van der Waals surface area contributed by atoms with Gasteiger partial charge in [0.05, 0.1) is 6.04 Å². The molecule has 0 fully saturated rings. The number of carboxylic acids is 1. The first kappa shape index (κ1) is 34.9. The van der Waals surface area contributed by atoms with E-state index in [0.29, 0.717) is 19.4 Å². The Balaban J connectivity index is 1.37. The van der Waals surface area contributed by atoms with Crippen molar-refractivity contribution in [2.24, 2.45) is 11.5 Å². The van der Waals surface area contributed by atoms with Crippen LogP contribution in [-0.2, 0) is 38.4 Å². The van der Waals surface area contributed by atoms with E-state index in [9.17, 15) is 24.3 Å². The summed E-state index contributed by atoms with van der Waals surface area (Å²) >= 11 is 0. The van der Waals surface area contributed by atoms with E-state index in [4.69, 9.17) is 11.5 Å².